The van der Waals surface area contributed by atoms with E-state index in [0.29, 0.717) is 0 Å². The first-order chi connectivity index (χ1) is 74.5. The van der Waals surface area contributed by atoms with E-state index in [-0.39, 0.29) is 0 Å². The van der Waals surface area contributed by atoms with Gasteiger partial charge in [0.2, 0.25) is 0 Å². The van der Waals surface area contributed by atoms with E-state index < -0.39 is 0 Å². The van der Waals surface area contributed by atoms with Crippen molar-refractivity contribution < 1.29 is 0 Å². The van der Waals surface area contributed by atoms with Gasteiger partial charge >= 0.3 is 0 Å². The molecule has 0 aliphatic carbocycles. The standard InChI is InChI=1S/C56H36N2.C46H30N2.C42H28N2/c1-2-16-37(17-3-1)42-20-8-12-26-51(42)58-52-27-13-9-23-45(52)48-32-30-39(36-56(48)58)38-31-33-55-50(34-38)47-25-11-15-29-54(47)57(55)53-28-14-10-24-46(53)49-35-40-18-4-5-19-41(40)43-21-6-7-22-44(43)49;1-2-14-36(15-3-1)47-43-20-10-7-17-38(43)40-26-24-34(30-46(40)47)33-25-27-45-41(29-33)39-18-8-11-21-44(39)48(45)42-19-9-6-16-37(42)35-23-22-31-12-4-5-13-32(31)28-35;1-3-13-29(14-4-1)33-17-7-10-20-38(33)44-40-22-12-9-19-35(40)37-27-30(24-26-41(37)44)31-23-25-36-34-18-8-11-21-39(34)43(42(36)28-31)32-15-5-2-6-16-32/h1-36H;1-30H;1-28H. The summed E-state index contributed by atoms with van der Waals surface area (Å²) in [7, 11) is 0. The largest absolute Gasteiger partial charge is 0.309 e. The summed E-state index contributed by atoms with van der Waals surface area (Å²) in [6.45, 7) is 0. The third-order valence-electron chi connectivity index (χ3n) is 30.9. The van der Waals surface area contributed by atoms with Gasteiger partial charge in [-0.05, 0) is 240 Å². The molecule has 0 fully saturated rings. The highest BCUT2D eigenvalue weighted by atomic mass is 15.0. The molecule has 31 rings (SSSR count). The molecule has 31 aromatic rings. The number of hydrogen-bond donors (Lipinski definition) is 0. The Kier molecular flexibility index (Phi) is 20.9. The first kappa shape index (κ1) is 86.7. The summed E-state index contributed by atoms with van der Waals surface area (Å²) in [6, 6.07) is 208. The molecule has 6 heterocycles. The first-order valence-corrected chi connectivity index (χ1v) is 51.7. The van der Waals surface area contributed by atoms with E-state index in [0.717, 1.165) is 0 Å². The molecule has 25 aromatic carbocycles. The number of para-hydroxylation sites is 12. The molecule has 0 radical (unpaired) electrons. The highest BCUT2D eigenvalue weighted by Gasteiger charge is 2.26. The van der Waals surface area contributed by atoms with E-state index in [4.69, 9.17) is 0 Å². The molecule has 0 spiro atoms. The predicted octanol–water partition coefficient (Wildman–Crippen LogP) is 38.8. The van der Waals surface area contributed by atoms with Crippen molar-refractivity contribution >= 4 is 163 Å². The van der Waals surface area contributed by atoms with Gasteiger partial charge in [-0.1, -0.05) is 419 Å². The van der Waals surface area contributed by atoms with Crippen LogP contribution >= 0.6 is 0 Å². The monoisotopic (exact) mass is 1910 g/mol. The summed E-state index contributed by atoms with van der Waals surface area (Å²) in [6.07, 6.45) is 0. The van der Waals surface area contributed by atoms with Crippen LogP contribution in [0.25, 0.3) is 275 Å². The smallest absolute Gasteiger partial charge is 0.0547 e. The quantitative estimate of drug-likeness (QED) is 0.103. The summed E-state index contributed by atoms with van der Waals surface area (Å²) >= 11 is 0. The Bertz CT molecular complexity index is 10800. The molecule has 0 atom stereocenters. The lowest BCUT2D eigenvalue weighted by Gasteiger charge is -2.17. The van der Waals surface area contributed by atoms with Crippen molar-refractivity contribution in [2.24, 2.45) is 0 Å². The minimum Gasteiger partial charge on any atom is -0.309 e. The second-order valence-electron chi connectivity index (χ2n) is 39.2. The lowest BCUT2D eigenvalue weighted by atomic mass is 9.92. The van der Waals surface area contributed by atoms with Gasteiger partial charge < -0.3 is 27.4 Å². The van der Waals surface area contributed by atoms with Crippen LogP contribution in [-0.2, 0) is 0 Å². The highest BCUT2D eigenvalue weighted by molar-refractivity contribution is 6.20. The van der Waals surface area contributed by atoms with E-state index in [2.05, 4.69) is 598 Å². The fourth-order valence-corrected chi connectivity index (χ4v) is 24.2. The van der Waals surface area contributed by atoms with Crippen molar-refractivity contribution in [2.45, 2.75) is 0 Å². The molecule has 6 nitrogen and oxygen atoms in total. The van der Waals surface area contributed by atoms with Gasteiger partial charge in [-0.2, -0.15) is 0 Å². The van der Waals surface area contributed by atoms with Crippen LogP contribution < -0.4 is 0 Å². The summed E-state index contributed by atoms with van der Waals surface area (Å²) in [5.74, 6) is 0. The van der Waals surface area contributed by atoms with Crippen LogP contribution in [0.3, 0.4) is 0 Å². The number of hydrogen-bond acceptors (Lipinski definition) is 0. The fourth-order valence-electron chi connectivity index (χ4n) is 24.2. The van der Waals surface area contributed by atoms with Gasteiger partial charge in [0.15, 0.2) is 0 Å². The number of aromatic nitrogens is 6. The van der Waals surface area contributed by atoms with Gasteiger partial charge in [-0.15, -0.1) is 0 Å². The summed E-state index contributed by atoms with van der Waals surface area (Å²) in [5, 5.41) is 22.6. The third-order valence-corrected chi connectivity index (χ3v) is 30.9. The zero-order valence-corrected chi connectivity index (χ0v) is 82.0. The van der Waals surface area contributed by atoms with Crippen molar-refractivity contribution in [1.29, 1.82) is 0 Å². The second kappa shape index (κ2) is 36.1. The van der Waals surface area contributed by atoms with Gasteiger partial charge in [-0.25, -0.2) is 0 Å². The Hall–Kier alpha value is -19.9. The van der Waals surface area contributed by atoms with Crippen LogP contribution in [0.5, 0.6) is 0 Å². The van der Waals surface area contributed by atoms with Crippen molar-refractivity contribution in [3.05, 3.63) is 570 Å². The lowest BCUT2D eigenvalue weighted by molar-refractivity contribution is 1.18. The number of rotatable bonds is 13. The van der Waals surface area contributed by atoms with E-state index in [1.54, 1.807) is 0 Å². The topological polar surface area (TPSA) is 29.6 Å². The molecule has 0 saturated carbocycles. The average Bonchev–Trinajstić information content (AvgIpc) is 0.955. The highest BCUT2D eigenvalue weighted by Crippen LogP contribution is 2.49. The second-order valence-corrected chi connectivity index (χ2v) is 39.2. The molecule has 0 bridgehead atoms. The molecule has 150 heavy (non-hydrogen) atoms. The summed E-state index contributed by atoms with van der Waals surface area (Å²) in [4.78, 5) is 0. The molecule has 0 N–H and O–H groups in total. The zero-order valence-electron chi connectivity index (χ0n) is 82.0. The minimum atomic E-state index is 1.17. The number of benzene rings is 25. The fraction of sp³-hybridized carbons (Fsp3) is 0. The number of fused-ring (bicyclic) bond motifs is 22. The molecular weight excluding hydrogens is 1810 g/mol. The molecule has 0 amide bonds. The van der Waals surface area contributed by atoms with Crippen LogP contribution in [0, 0.1) is 0 Å². The van der Waals surface area contributed by atoms with Crippen molar-refractivity contribution in [1.82, 2.24) is 27.4 Å². The van der Waals surface area contributed by atoms with E-state index in [1.807, 2.05) is 0 Å². The molecule has 0 aliphatic rings. The van der Waals surface area contributed by atoms with Crippen LogP contribution in [0.15, 0.2) is 570 Å². The predicted molar refractivity (Wildman–Crippen MR) is 636 cm³/mol. The van der Waals surface area contributed by atoms with Crippen molar-refractivity contribution in [2.75, 3.05) is 0 Å². The molecule has 6 heteroatoms. The molecule has 0 aliphatic heterocycles. The third kappa shape index (κ3) is 14.5. The van der Waals surface area contributed by atoms with E-state index in [1.165, 1.54) is 275 Å². The SMILES string of the molecule is c1ccc(-c2ccccc2-n2c3ccccc3c3cc(-c4ccc5c6ccccc6n(-c6ccccc6)c5c4)ccc32)cc1.c1ccc(-c2ccccc2-n2c3ccccc3c3ccc(-c4ccc5c(c4)c4ccccc4n5-c4ccccc4-c4cc5ccccc5c5ccccc45)cc32)cc1.c1ccc(-n2c3ccccc3c3ccc(-c4ccc5c(c4)c4ccccc4n5-c4ccccc4-c4ccc5ccccc5c4)cc32)cc1. The Morgan fingerprint density at radius 3 is 0.740 bits per heavy atom. The van der Waals surface area contributed by atoms with Crippen LogP contribution in [0.2, 0.25) is 0 Å². The molecule has 700 valence electrons. The maximum Gasteiger partial charge on any atom is 0.0547 e. The van der Waals surface area contributed by atoms with Crippen molar-refractivity contribution in [3.63, 3.8) is 0 Å². The molecular formula is C144H94N6. The maximum absolute atomic E-state index is 2.47. The first-order valence-electron chi connectivity index (χ1n) is 51.7. The molecule has 6 aromatic heterocycles. The van der Waals surface area contributed by atoms with Crippen molar-refractivity contribution in [3.8, 4) is 112 Å². The van der Waals surface area contributed by atoms with Gasteiger partial charge in [0.05, 0.1) is 88.9 Å². The van der Waals surface area contributed by atoms with E-state index in [9.17, 15) is 0 Å². The summed E-state index contributed by atoms with van der Waals surface area (Å²) in [5.41, 5.74) is 38.5. The maximum atomic E-state index is 2.47. The van der Waals surface area contributed by atoms with Gasteiger partial charge in [0, 0.05) is 98.3 Å². The van der Waals surface area contributed by atoms with Crippen LogP contribution in [0.1, 0.15) is 0 Å². The Morgan fingerprint density at radius 2 is 0.340 bits per heavy atom. The van der Waals surface area contributed by atoms with Gasteiger partial charge in [0.1, 0.15) is 0 Å². The Morgan fingerprint density at radius 1 is 0.0933 bits per heavy atom. The number of nitrogens with zero attached hydrogens (tertiary/aromatic N) is 6. The minimum absolute atomic E-state index is 1.17. The Labute approximate surface area is 866 Å². The Balaban J connectivity index is 0.000000107. The normalized spacial score (nSPS) is 11.7. The van der Waals surface area contributed by atoms with Gasteiger partial charge in [-0.3, -0.25) is 0 Å². The average molecular weight is 1910 g/mol. The van der Waals surface area contributed by atoms with Gasteiger partial charge in [0.25, 0.3) is 0 Å². The lowest BCUT2D eigenvalue weighted by Crippen LogP contribution is -1.98. The van der Waals surface area contributed by atoms with Crippen LogP contribution in [0.4, 0.5) is 0 Å². The van der Waals surface area contributed by atoms with Crippen LogP contribution in [-0.4, -0.2) is 27.4 Å². The van der Waals surface area contributed by atoms with E-state index >= 15 is 0 Å². The molecule has 0 saturated heterocycles. The zero-order chi connectivity index (χ0) is 98.8. The molecule has 0 unspecified atom stereocenters. The summed E-state index contributed by atoms with van der Waals surface area (Å²) < 4.78 is 14.6.